The van der Waals surface area contributed by atoms with Crippen molar-refractivity contribution in [1.82, 2.24) is 4.90 Å². The maximum atomic E-state index is 10.9. The summed E-state index contributed by atoms with van der Waals surface area (Å²) in [7, 11) is 0. The number of carbonyl (C=O) groups is 2. The van der Waals surface area contributed by atoms with Crippen LogP contribution in [0.5, 0.6) is 0 Å². The highest BCUT2D eigenvalue weighted by Gasteiger charge is 2.20. The number of benzene rings is 1. The van der Waals surface area contributed by atoms with Gasteiger partial charge in [-0.1, -0.05) is 12.1 Å². The number of hydrogen-bond donors (Lipinski definition) is 1. The number of likely N-dealkylation sites (tertiary alicyclic amines) is 1. The third kappa shape index (κ3) is 2.64. The van der Waals surface area contributed by atoms with E-state index in [9.17, 15) is 9.59 Å². The standard InChI is InChI=1S/C13H15NO3/c15-9-14-6-2-5-12(8-14)10-3-1-4-11(7-10)13(16)17/h1,3-4,7,9,12H,2,5-6,8H2,(H,16,17). The summed E-state index contributed by atoms with van der Waals surface area (Å²) in [6, 6.07) is 7.00. The summed E-state index contributed by atoms with van der Waals surface area (Å²) >= 11 is 0. The fourth-order valence-corrected chi connectivity index (χ4v) is 2.30. The lowest BCUT2D eigenvalue weighted by Gasteiger charge is -2.30. The van der Waals surface area contributed by atoms with E-state index in [0.29, 0.717) is 12.1 Å². The molecule has 1 aliphatic rings. The van der Waals surface area contributed by atoms with E-state index in [4.69, 9.17) is 5.11 Å². The Hall–Kier alpha value is -1.84. The molecule has 0 aliphatic carbocycles. The quantitative estimate of drug-likeness (QED) is 0.809. The van der Waals surface area contributed by atoms with Crippen molar-refractivity contribution in [3.05, 3.63) is 35.4 Å². The Kier molecular flexibility index (Phi) is 3.42. The number of piperidine rings is 1. The Bertz CT molecular complexity index is 430. The van der Waals surface area contributed by atoms with Crippen LogP contribution in [-0.4, -0.2) is 35.5 Å². The highest BCUT2D eigenvalue weighted by atomic mass is 16.4. The van der Waals surface area contributed by atoms with Crippen LogP contribution in [0.15, 0.2) is 24.3 Å². The molecule has 1 aliphatic heterocycles. The molecule has 1 atom stereocenters. The Morgan fingerprint density at radius 3 is 3.00 bits per heavy atom. The van der Waals surface area contributed by atoms with Crippen molar-refractivity contribution < 1.29 is 14.7 Å². The normalized spacial score (nSPS) is 20.0. The van der Waals surface area contributed by atoms with E-state index >= 15 is 0 Å². The van der Waals surface area contributed by atoms with E-state index in [-0.39, 0.29) is 5.92 Å². The molecule has 1 fully saturated rings. The summed E-state index contributed by atoms with van der Waals surface area (Å²) < 4.78 is 0. The van der Waals surface area contributed by atoms with Gasteiger partial charge in [0.2, 0.25) is 6.41 Å². The highest BCUT2D eigenvalue weighted by molar-refractivity contribution is 5.87. The van der Waals surface area contributed by atoms with Gasteiger partial charge in [-0.2, -0.15) is 0 Å². The zero-order valence-corrected chi connectivity index (χ0v) is 9.50. The van der Waals surface area contributed by atoms with Crippen molar-refractivity contribution in [2.24, 2.45) is 0 Å². The van der Waals surface area contributed by atoms with Gasteiger partial charge in [-0.15, -0.1) is 0 Å². The predicted octanol–water partition coefficient (Wildman–Crippen LogP) is 1.72. The van der Waals surface area contributed by atoms with Crippen LogP contribution in [0.4, 0.5) is 0 Å². The van der Waals surface area contributed by atoms with Crippen LogP contribution in [0.3, 0.4) is 0 Å². The summed E-state index contributed by atoms with van der Waals surface area (Å²) in [5, 5.41) is 8.94. The maximum absolute atomic E-state index is 10.9. The van der Waals surface area contributed by atoms with E-state index in [1.165, 1.54) is 0 Å². The first-order chi connectivity index (χ1) is 8.20. The van der Waals surface area contributed by atoms with Crippen molar-refractivity contribution >= 4 is 12.4 Å². The van der Waals surface area contributed by atoms with Gasteiger partial charge >= 0.3 is 5.97 Å². The van der Waals surface area contributed by atoms with Crippen LogP contribution in [0, 0.1) is 0 Å². The summed E-state index contributed by atoms with van der Waals surface area (Å²) in [4.78, 5) is 23.4. The number of carboxylic acid groups (broad SMARTS) is 1. The summed E-state index contributed by atoms with van der Waals surface area (Å²) in [6.07, 6.45) is 2.85. The molecule has 90 valence electrons. The van der Waals surface area contributed by atoms with Crippen molar-refractivity contribution in [2.75, 3.05) is 13.1 Å². The first-order valence-electron chi connectivity index (χ1n) is 5.73. The van der Waals surface area contributed by atoms with Crippen LogP contribution < -0.4 is 0 Å². The Balaban J connectivity index is 2.18. The molecule has 0 aromatic heterocycles. The molecule has 0 saturated carbocycles. The smallest absolute Gasteiger partial charge is 0.335 e. The van der Waals surface area contributed by atoms with Gasteiger partial charge in [-0.25, -0.2) is 4.79 Å². The Morgan fingerprint density at radius 2 is 2.29 bits per heavy atom. The van der Waals surface area contributed by atoms with Crippen LogP contribution in [0.2, 0.25) is 0 Å². The molecular weight excluding hydrogens is 218 g/mol. The van der Waals surface area contributed by atoms with Gasteiger partial charge in [0.1, 0.15) is 0 Å². The molecule has 17 heavy (non-hydrogen) atoms. The minimum Gasteiger partial charge on any atom is -0.478 e. The number of aromatic carboxylic acids is 1. The SMILES string of the molecule is O=CN1CCCC(c2cccc(C(=O)O)c2)C1. The van der Waals surface area contributed by atoms with Gasteiger partial charge in [-0.3, -0.25) is 4.79 Å². The number of carboxylic acids is 1. The van der Waals surface area contributed by atoms with Crippen LogP contribution in [-0.2, 0) is 4.79 Å². The summed E-state index contributed by atoms with van der Waals surface area (Å²) in [6.45, 7) is 1.49. The average Bonchev–Trinajstić information content (AvgIpc) is 2.39. The van der Waals surface area contributed by atoms with E-state index in [2.05, 4.69) is 0 Å². The van der Waals surface area contributed by atoms with Gasteiger partial charge in [0.15, 0.2) is 0 Å². The minimum absolute atomic E-state index is 0.258. The zero-order chi connectivity index (χ0) is 12.3. The predicted molar refractivity (Wildman–Crippen MR) is 63.0 cm³/mol. The molecule has 4 heteroatoms. The van der Waals surface area contributed by atoms with Crippen LogP contribution in [0.25, 0.3) is 0 Å². The van der Waals surface area contributed by atoms with Crippen molar-refractivity contribution in [2.45, 2.75) is 18.8 Å². The highest BCUT2D eigenvalue weighted by Crippen LogP contribution is 2.26. The third-order valence-corrected chi connectivity index (χ3v) is 3.21. The minimum atomic E-state index is -0.907. The summed E-state index contributed by atoms with van der Waals surface area (Å²) in [5.74, 6) is -0.650. The van der Waals surface area contributed by atoms with Crippen molar-refractivity contribution in [1.29, 1.82) is 0 Å². The molecule has 1 heterocycles. The second-order valence-corrected chi connectivity index (χ2v) is 4.37. The van der Waals surface area contributed by atoms with Gasteiger partial charge in [0.05, 0.1) is 5.56 Å². The van der Waals surface area contributed by atoms with E-state index in [1.807, 2.05) is 6.07 Å². The lowest BCUT2D eigenvalue weighted by Crippen LogP contribution is -2.33. The van der Waals surface area contributed by atoms with Gasteiger partial charge < -0.3 is 10.0 Å². The lowest BCUT2D eigenvalue weighted by atomic mass is 9.90. The van der Waals surface area contributed by atoms with Crippen LogP contribution >= 0.6 is 0 Å². The fourth-order valence-electron chi connectivity index (χ4n) is 2.30. The third-order valence-electron chi connectivity index (χ3n) is 3.21. The molecule has 1 N–H and O–H groups in total. The number of hydrogen-bond acceptors (Lipinski definition) is 2. The molecule has 0 radical (unpaired) electrons. The fraction of sp³-hybridized carbons (Fsp3) is 0.385. The molecule has 0 bridgehead atoms. The van der Waals surface area contributed by atoms with E-state index in [0.717, 1.165) is 31.4 Å². The second kappa shape index (κ2) is 4.99. The molecule has 1 unspecified atom stereocenters. The summed E-state index contributed by atoms with van der Waals surface area (Å²) in [5.41, 5.74) is 1.32. The number of rotatable bonds is 3. The second-order valence-electron chi connectivity index (χ2n) is 4.37. The first-order valence-corrected chi connectivity index (χ1v) is 5.73. The Labute approximate surface area is 99.9 Å². The molecule has 1 amide bonds. The number of amides is 1. The molecule has 4 nitrogen and oxygen atoms in total. The molecular formula is C13H15NO3. The lowest BCUT2D eigenvalue weighted by molar-refractivity contribution is -0.119. The Morgan fingerprint density at radius 1 is 1.47 bits per heavy atom. The monoisotopic (exact) mass is 233 g/mol. The molecule has 1 aromatic rings. The van der Waals surface area contributed by atoms with Gasteiger partial charge in [0.25, 0.3) is 0 Å². The zero-order valence-electron chi connectivity index (χ0n) is 9.50. The maximum Gasteiger partial charge on any atom is 0.335 e. The molecule has 0 spiro atoms. The van der Waals surface area contributed by atoms with E-state index in [1.54, 1.807) is 23.1 Å². The topological polar surface area (TPSA) is 57.6 Å². The van der Waals surface area contributed by atoms with E-state index < -0.39 is 5.97 Å². The average molecular weight is 233 g/mol. The largest absolute Gasteiger partial charge is 0.478 e. The number of nitrogens with zero attached hydrogens (tertiary/aromatic N) is 1. The van der Waals surface area contributed by atoms with Crippen molar-refractivity contribution in [3.63, 3.8) is 0 Å². The van der Waals surface area contributed by atoms with Gasteiger partial charge in [-0.05, 0) is 30.5 Å². The van der Waals surface area contributed by atoms with Crippen molar-refractivity contribution in [3.8, 4) is 0 Å². The van der Waals surface area contributed by atoms with Gasteiger partial charge in [0, 0.05) is 19.0 Å². The molecule has 1 aromatic carbocycles. The number of carbonyl (C=O) groups excluding carboxylic acids is 1. The molecule has 2 rings (SSSR count). The molecule has 1 saturated heterocycles. The van der Waals surface area contributed by atoms with Crippen LogP contribution in [0.1, 0.15) is 34.7 Å². The first kappa shape index (κ1) is 11.6.